The van der Waals surface area contributed by atoms with E-state index in [1.807, 2.05) is 6.08 Å². The van der Waals surface area contributed by atoms with Crippen LogP contribution in [0.4, 0.5) is 26.3 Å². The molecule has 0 fully saturated rings. The van der Waals surface area contributed by atoms with Crippen molar-refractivity contribution in [3.05, 3.63) is 47.5 Å². The highest BCUT2D eigenvalue weighted by atomic mass is 19.4. The Morgan fingerprint density at radius 1 is 0.812 bits per heavy atom. The maximum Gasteiger partial charge on any atom is 0.416 e. The van der Waals surface area contributed by atoms with Crippen molar-refractivity contribution in [3.63, 3.8) is 0 Å². The largest absolute Gasteiger partial charge is 0.416 e. The van der Waals surface area contributed by atoms with Crippen LogP contribution in [-0.4, -0.2) is 0 Å². The number of rotatable bonds is 1. The summed E-state index contributed by atoms with van der Waals surface area (Å²) < 4.78 is 73.5. The molecule has 0 heterocycles. The lowest BCUT2D eigenvalue weighted by atomic mass is 10.0. The molecule has 0 saturated heterocycles. The number of alkyl halides is 6. The summed E-state index contributed by atoms with van der Waals surface area (Å²) >= 11 is 0. The number of benzene rings is 1. The molecule has 0 N–H and O–H groups in total. The van der Waals surface area contributed by atoms with Crippen molar-refractivity contribution >= 4 is 0 Å². The average Bonchev–Trinajstić information content (AvgIpc) is 2.14. The molecule has 0 spiro atoms. The molecule has 0 bridgehead atoms. The molecule has 0 aliphatic rings. The Labute approximate surface area is 87.2 Å². The monoisotopic (exact) mass is 239 g/mol. The van der Waals surface area contributed by atoms with E-state index in [2.05, 4.69) is 6.58 Å². The zero-order chi connectivity index (χ0) is 12.6. The van der Waals surface area contributed by atoms with Gasteiger partial charge in [0.05, 0.1) is 11.1 Å². The molecule has 6 heteroatoms. The maximum absolute atomic E-state index is 12.3. The van der Waals surface area contributed by atoms with Crippen LogP contribution in [0.25, 0.3) is 0 Å². The smallest absolute Gasteiger partial charge is 0.166 e. The fraction of sp³-hybridized carbons (Fsp3) is 0.200. The molecule has 0 unspecified atom stereocenters. The third-order valence-corrected chi connectivity index (χ3v) is 1.79. The minimum atomic E-state index is -4.83. The van der Waals surface area contributed by atoms with E-state index in [0.717, 1.165) is 0 Å². The Morgan fingerprint density at radius 2 is 1.19 bits per heavy atom. The topological polar surface area (TPSA) is 0 Å². The van der Waals surface area contributed by atoms with Gasteiger partial charge in [-0.1, -0.05) is 6.58 Å². The van der Waals surface area contributed by atoms with Gasteiger partial charge in [-0.25, -0.2) is 0 Å². The van der Waals surface area contributed by atoms with Crippen LogP contribution in [-0.2, 0) is 12.4 Å². The predicted octanol–water partition coefficient (Wildman–Crippen LogP) is 4.06. The van der Waals surface area contributed by atoms with Gasteiger partial charge in [-0.2, -0.15) is 26.3 Å². The van der Waals surface area contributed by atoms with Crippen LogP contribution >= 0.6 is 0 Å². The van der Waals surface area contributed by atoms with Crippen LogP contribution in [0.2, 0.25) is 0 Å². The molecule has 0 atom stereocenters. The van der Waals surface area contributed by atoms with Gasteiger partial charge in [-0.05, 0) is 29.8 Å². The lowest BCUT2D eigenvalue weighted by Gasteiger charge is -2.12. The van der Waals surface area contributed by atoms with E-state index in [0.29, 0.717) is 12.1 Å². The molecular formula is C10H5F6. The second-order valence-electron chi connectivity index (χ2n) is 2.97. The van der Waals surface area contributed by atoms with Gasteiger partial charge < -0.3 is 0 Å². The zero-order valence-electron chi connectivity index (χ0n) is 7.71. The second kappa shape index (κ2) is 3.84. The summed E-state index contributed by atoms with van der Waals surface area (Å²) in [5.41, 5.74) is -3.08. The quantitative estimate of drug-likeness (QED) is 0.648. The van der Waals surface area contributed by atoms with Crippen LogP contribution in [0, 0.1) is 6.08 Å². The standard InChI is InChI=1S/C10H5F6/c1-2-6-3-7(9(11,12)13)5-8(4-6)10(14,15)16/h3-5H,1H2. The van der Waals surface area contributed by atoms with Crippen molar-refractivity contribution in [2.45, 2.75) is 12.4 Å². The van der Waals surface area contributed by atoms with Gasteiger partial charge >= 0.3 is 12.4 Å². The van der Waals surface area contributed by atoms with Crippen molar-refractivity contribution in [1.82, 2.24) is 0 Å². The molecule has 0 saturated carbocycles. The summed E-state index contributed by atoms with van der Waals surface area (Å²) in [6.45, 7) is 3.02. The molecule has 1 rings (SSSR count). The lowest BCUT2D eigenvalue weighted by Crippen LogP contribution is -2.11. The van der Waals surface area contributed by atoms with E-state index < -0.39 is 23.5 Å². The van der Waals surface area contributed by atoms with E-state index in [1.165, 1.54) is 0 Å². The normalized spacial score (nSPS) is 12.6. The third-order valence-electron chi connectivity index (χ3n) is 1.79. The molecule has 0 aromatic heterocycles. The van der Waals surface area contributed by atoms with Gasteiger partial charge in [0.15, 0.2) is 0 Å². The van der Waals surface area contributed by atoms with Crippen LogP contribution in [0.1, 0.15) is 16.7 Å². The molecule has 0 nitrogen and oxygen atoms in total. The molecule has 1 aromatic carbocycles. The summed E-state index contributed by atoms with van der Waals surface area (Å²) in [7, 11) is 0. The van der Waals surface area contributed by atoms with E-state index in [9.17, 15) is 26.3 Å². The van der Waals surface area contributed by atoms with E-state index >= 15 is 0 Å². The Hall–Kier alpha value is -1.46. The Bertz CT molecular complexity index is 367. The van der Waals surface area contributed by atoms with Crippen molar-refractivity contribution in [2.24, 2.45) is 0 Å². The summed E-state index contributed by atoms with van der Waals surface area (Å²) in [5, 5.41) is 0. The summed E-state index contributed by atoms with van der Waals surface area (Å²) in [5.74, 6) is 0. The van der Waals surface area contributed by atoms with E-state index in [4.69, 9.17) is 0 Å². The second-order valence-corrected chi connectivity index (χ2v) is 2.97. The van der Waals surface area contributed by atoms with Gasteiger partial charge in [-0.15, -0.1) is 0 Å². The molecular weight excluding hydrogens is 234 g/mol. The molecule has 87 valence electrons. The first kappa shape index (κ1) is 12.6. The van der Waals surface area contributed by atoms with Crippen molar-refractivity contribution < 1.29 is 26.3 Å². The van der Waals surface area contributed by atoms with Crippen LogP contribution in [0.5, 0.6) is 0 Å². The molecule has 16 heavy (non-hydrogen) atoms. The van der Waals surface area contributed by atoms with E-state index in [-0.39, 0.29) is 11.6 Å². The highest BCUT2D eigenvalue weighted by Gasteiger charge is 2.36. The fourth-order valence-electron chi connectivity index (χ4n) is 1.06. The first-order chi connectivity index (χ1) is 7.14. The number of halogens is 6. The zero-order valence-corrected chi connectivity index (χ0v) is 7.71. The molecule has 0 aliphatic heterocycles. The minimum Gasteiger partial charge on any atom is -0.166 e. The van der Waals surface area contributed by atoms with Crippen LogP contribution in [0.3, 0.4) is 0 Å². The summed E-state index contributed by atoms with van der Waals surface area (Å²) in [6.07, 6.45) is -7.65. The minimum absolute atomic E-state index is 0.0564. The van der Waals surface area contributed by atoms with Gasteiger partial charge in [0.2, 0.25) is 0 Å². The van der Waals surface area contributed by atoms with Crippen molar-refractivity contribution in [2.75, 3.05) is 0 Å². The maximum atomic E-state index is 12.3. The Kier molecular flexibility index (Phi) is 3.03. The number of hydrogen-bond donors (Lipinski definition) is 0. The highest BCUT2D eigenvalue weighted by Crippen LogP contribution is 2.36. The van der Waals surface area contributed by atoms with Gasteiger partial charge in [0, 0.05) is 0 Å². The predicted molar refractivity (Wildman–Crippen MR) is 44.4 cm³/mol. The first-order valence-electron chi connectivity index (χ1n) is 3.97. The van der Waals surface area contributed by atoms with Gasteiger partial charge in [0.1, 0.15) is 0 Å². The van der Waals surface area contributed by atoms with Crippen molar-refractivity contribution in [1.29, 1.82) is 0 Å². The molecule has 1 radical (unpaired) electrons. The summed E-state index contributed by atoms with van der Waals surface area (Å²) in [4.78, 5) is 0. The van der Waals surface area contributed by atoms with Gasteiger partial charge in [-0.3, -0.25) is 0 Å². The SMILES string of the molecule is C=[C]c1cc(C(F)(F)F)cc(C(F)(F)F)c1. The molecule has 0 amide bonds. The Balaban J connectivity index is 3.39. The highest BCUT2D eigenvalue weighted by molar-refractivity contribution is 5.36. The Morgan fingerprint density at radius 3 is 1.44 bits per heavy atom. The first-order valence-corrected chi connectivity index (χ1v) is 3.97. The average molecular weight is 239 g/mol. The van der Waals surface area contributed by atoms with Crippen LogP contribution < -0.4 is 0 Å². The summed E-state index contributed by atoms with van der Waals surface area (Å²) in [6, 6.07) is 1.17. The van der Waals surface area contributed by atoms with Gasteiger partial charge in [0.25, 0.3) is 0 Å². The fourth-order valence-corrected chi connectivity index (χ4v) is 1.06. The van der Waals surface area contributed by atoms with E-state index in [1.54, 1.807) is 0 Å². The molecule has 1 aromatic rings. The number of hydrogen-bond acceptors (Lipinski definition) is 0. The van der Waals surface area contributed by atoms with Crippen LogP contribution in [0.15, 0.2) is 24.8 Å². The lowest BCUT2D eigenvalue weighted by molar-refractivity contribution is -0.143. The third kappa shape index (κ3) is 2.77. The van der Waals surface area contributed by atoms with Crippen molar-refractivity contribution in [3.8, 4) is 0 Å². The molecule has 0 aliphatic carbocycles.